The Bertz CT molecular complexity index is 546. The summed E-state index contributed by atoms with van der Waals surface area (Å²) in [7, 11) is 0. The molecule has 3 atom stereocenters. The number of nitro groups is 1. The number of aliphatic hydroxyl groups is 1. The molecular formula is C14H21N3O3S. The van der Waals surface area contributed by atoms with E-state index in [4.69, 9.17) is 0 Å². The van der Waals surface area contributed by atoms with Gasteiger partial charge in [-0.2, -0.15) is 0 Å². The molecule has 2 aliphatic rings. The Morgan fingerprint density at radius 2 is 2.29 bits per heavy atom. The smallest absolute Gasteiger partial charge is 0.304 e. The number of anilines is 1. The molecule has 6 nitrogen and oxygen atoms in total. The predicted octanol–water partition coefficient (Wildman–Crippen LogP) is 2.38. The van der Waals surface area contributed by atoms with Gasteiger partial charge in [-0.05, 0) is 33.2 Å². The molecular weight excluding hydrogens is 290 g/mol. The molecule has 2 saturated heterocycles. The number of hydrogen-bond donors (Lipinski definition) is 1. The summed E-state index contributed by atoms with van der Waals surface area (Å²) >= 11 is 1.36. The highest BCUT2D eigenvalue weighted by Gasteiger charge is 2.37. The summed E-state index contributed by atoms with van der Waals surface area (Å²) in [4.78, 5) is 16.3. The molecule has 1 N–H and O–H groups in total. The van der Waals surface area contributed by atoms with Crippen molar-refractivity contribution in [1.29, 1.82) is 0 Å². The monoisotopic (exact) mass is 311 g/mol. The van der Waals surface area contributed by atoms with E-state index in [9.17, 15) is 15.2 Å². The quantitative estimate of drug-likeness (QED) is 0.685. The zero-order valence-electron chi connectivity index (χ0n) is 12.4. The molecule has 3 heterocycles. The Kier molecular flexibility index (Phi) is 3.90. The highest BCUT2D eigenvalue weighted by molar-refractivity contribution is 7.16. The van der Waals surface area contributed by atoms with Crippen LogP contribution in [-0.2, 0) is 0 Å². The normalized spacial score (nSPS) is 27.7. The third-order valence-electron chi connectivity index (χ3n) is 4.52. The van der Waals surface area contributed by atoms with E-state index in [1.54, 1.807) is 6.92 Å². The molecule has 0 amide bonds. The molecule has 7 heteroatoms. The summed E-state index contributed by atoms with van der Waals surface area (Å²) in [5.74, 6) is 0. The predicted molar refractivity (Wildman–Crippen MR) is 83.0 cm³/mol. The highest BCUT2D eigenvalue weighted by Crippen LogP contribution is 2.42. The van der Waals surface area contributed by atoms with Gasteiger partial charge in [-0.25, -0.2) is 0 Å². The van der Waals surface area contributed by atoms with Gasteiger partial charge in [0.25, 0.3) is 0 Å². The maximum Gasteiger partial charge on any atom is 0.304 e. The Morgan fingerprint density at radius 3 is 2.95 bits per heavy atom. The molecule has 116 valence electrons. The molecule has 3 rings (SSSR count). The van der Waals surface area contributed by atoms with Crippen LogP contribution in [0, 0.1) is 10.1 Å². The summed E-state index contributed by atoms with van der Waals surface area (Å²) in [6.07, 6.45) is 1.73. The highest BCUT2D eigenvalue weighted by atomic mass is 32.1. The second-order valence-electron chi connectivity index (χ2n) is 6.06. The van der Waals surface area contributed by atoms with Crippen LogP contribution in [0.25, 0.3) is 0 Å². The molecule has 3 unspecified atom stereocenters. The molecule has 2 aliphatic heterocycles. The largest absolute Gasteiger partial charge is 0.388 e. The van der Waals surface area contributed by atoms with Gasteiger partial charge in [0.15, 0.2) is 5.00 Å². The fraction of sp³-hybridized carbons (Fsp3) is 0.714. The summed E-state index contributed by atoms with van der Waals surface area (Å²) in [6.45, 7) is 6.73. The van der Waals surface area contributed by atoms with E-state index >= 15 is 0 Å². The van der Waals surface area contributed by atoms with Gasteiger partial charge in [-0.1, -0.05) is 0 Å². The van der Waals surface area contributed by atoms with Crippen LogP contribution in [0.2, 0.25) is 0 Å². The Hall–Kier alpha value is -1.18. The number of thiophene rings is 1. The standard InChI is InChI=1S/C14H21N3O3S/c1-9-7-15-5-3-4-11(15)8-16(9)14-12(17(19)20)6-13(21-14)10(2)18/h6,9-11,18H,3-5,7-8H2,1-2H3. The van der Waals surface area contributed by atoms with E-state index in [1.807, 2.05) is 0 Å². The molecule has 0 spiro atoms. The van der Waals surface area contributed by atoms with Gasteiger partial charge >= 0.3 is 5.69 Å². The van der Waals surface area contributed by atoms with Crippen molar-refractivity contribution >= 4 is 22.0 Å². The number of nitrogens with zero attached hydrogens (tertiary/aromatic N) is 3. The van der Waals surface area contributed by atoms with Crippen LogP contribution in [0.15, 0.2) is 6.07 Å². The third-order valence-corrected chi connectivity index (χ3v) is 5.85. The average molecular weight is 311 g/mol. The van der Waals surface area contributed by atoms with Crippen LogP contribution < -0.4 is 4.90 Å². The first-order chi connectivity index (χ1) is 9.97. The van der Waals surface area contributed by atoms with E-state index in [1.165, 1.54) is 30.2 Å². The molecule has 21 heavy (non-hydrogen) atoms. The van der Waals surface area contributed by atoms with Crippen LogP contribution in [0.5, 0.6) is 0 Å². The molecule has 2 fully saturated rings. The van der Waals surface area contributed by atoms with Crippen LogP contribution >= 0.6 is 11.3 Å². The van der Waals surface area contributed by atoms with Gasteiger partial charge in [0.05, 0.1) is 11.0 Å². The van der Waals surface area contributed by atoms with Crippen molar-refractivity contribution in [3.8, 4) is 0 Å². The maximum atomic E-state index is 11.3. The van der Waals surface area contributed by atoms with Crippen LogP contribution in [0.1, 0.15) is 37.7 Å². The Morgan fingerprint density at radius 1 is 1.52 bits per heavy atom. The lowest BCUT2D eigenvalue weighted by atomic mass is 10.1. The minimum Gasteiger partial charge on any atom is -0.388 e. The van der Waals surface area contributed by atoms with Gasteiger partial charge in [-0.3, -0.25) is 15.0 Å². The minimum atomic E-state index is -0.662. The number of hydrogen-bond acceptors (Lipinski definition) is 6. The van der Waals surface area contributed by atoms with Crippen molar-refractivity contribution < 1.29 is 10.0 Å². The average Bonchev–Trinajstić information content (AvgIpc) is 3.02. The van der Waals surface area contributed by atoms with Crippen molar-refractivity contribution in [1.82, 2.24) is 4.90 Å². The lowest BCUT2D eigenvalue weighted by molar-refractivity contribution is -0.383. The second kappa shape index (κ2) is 5.55. The number of fused-ring (bicyclic) bond motifs is 1. The van der Waals surface area contributed by atoms with Crippen molar-refractivity contribution in [3.63, 3.8) is 0 Å². The van der Waals surface area contributed by atoms with Crippen LogP contribution in [0.3, 0.4) is 0 Å². The van der Waals surface area contributed by atoms with E-state index in [-0.39, 0.29) is 16.7 Å². The van der Waals surface area contributed by atoms with Crippen molar-refractivity contribution in [2.45, 2.75) is 44.9 Å². The molecule has 0 saturated carbocycles. The van der Waals surface area contributed by atoms with Gasteiger partial charge in [0.1, 0.15) is 0 Å². The summed E-state index contributed by atoms with van der Waals surface area (Å²) in [5.41, 5.74) is 0.134. The van der Waals surface area contributed by atoms with Gasteiger partial charge in [0, 0.05) is 36.1 Å². The summed E-state index contributed by atoms with van der Waals surface area (Å²) < 4.78 is 0. The second-order valence-corrected chi connectivity index (χ2v) is 7.13. The van der Waals surface area contributed by atoms with Crippen LogP contribution in [-0.4, -0.2) is 46.6 Å². The van der Waals surface area contributed by atoms with Gasteiger partial charge < -0.3 is 10.0 Å². The van der Waals surface area contributed by atoms with E-state index in [0.29, 0.717) is 15.9 Å². The molecule has 0 aromatic carbocycles. The van der Waals surface area contributed by atoms with Gasteiger partial charge in [0.2, 0.25) is 0 Å². The third kappa shape index (κ3) is 2.65. The first-order valence-corrected chi connectivity index (χ1v) is 8.26. The first kappa shape index (κ1) is 14.7. The zero-order valence-corrected chi connectivity index (χ0v) is 13.2. The number of aliphatic hydroxyl groups excluding tert-OH is 1. The van der Waals surface area contributed by atoms with Crippen molar-refractivity contribution in [2.75, 3.05) is 24.5 Å². The van der Waals surface area contributed by atoms with E-state index < -0.39 is 6.10 Å². The zero-order chi connectivity index (χ0) is 15.1. The van der Waals surface area contributed by atoms with Crippen molar-refractivity contribution in [3.05, 3.63) is 21.1 Å². The summed E-state index contributed by atoms with van der Waals surface area (Å²) in [6, 6.07) is 2.30. The molecule has 0 bridgehead atoms. The Balaban J connectivity index is 1.93. The SMILES string of the molecule is CC(O)c1cc([N+](=O)[O-])c(N2CC3CCCN3CC2C)s1. The first-order valence-electron chi connectivity index (χ1n) is 7.44. The lowest BCUT2D eigenvalue weighted by Crippen LogP contribution is -2.55. The molecule has 1 aromatic rings. The molecule has 1 aromatic heterocycles. The Labute approximate surface area is 128 Å². The van der Waals surface area contributed by atoms with Crippen molar-refractivity contribution in [2.24, 2.45) is 0 Å². The van der Waals surface area contributed by atoms with E-state index in [2.05, 4.69) is 16.7 Å². The molecule has 0 radical (unpaired) electrons. The minimum absolute atomic E-state index is 0.134. The van der Waals surface area contributed by atoms with E-state index in [0.717, 1.165) is 19.6 Å². The topological polar surface area (TPSA) is 69.8 Å². The summed E-state index contributed by atoms with van der Waals surface area (Å²) in [5, 5.41) is 21.8. The molecule has 0 aliphatic carbocycles. The van der Waals surface area contributed by atoms with Crippen LogP contribution in [0.4, 0.5) is 10.7 Å². The fourth-order valence-electron chi connectivity index (χ4n) is 3.40. The fourth-order valence-corrected chi connectivity index (χ4v) is 4.58. The van der Waals surface area contributed by atoms with Gasteiger partial charge in [-0.15, -0.1) is 11.3 Å². The number of piperazine rings is 1. The lowest BCUT2D eigenvalue weighted by Gasteiger charge is -2.42. The maximum absolute atomic E-state index is 11.3. The number of rotatable bonds is 3.